The van der Waals surface area contributed by atoms with Gasteiger partial charge in [0.1, 0.15) is 0 Å². The van der Waals surface area contributed by atoms with Gasteiger partial charge in [-0.05, 0) is 19.9 Å². The van der Waals surface area contributed by atoms with Gasteiger partial charge >= 0.3 is 0 Å². The summed E-state index contributed by atoms with van der Waals surface area (Å²) in [6.07, 6.45) is -0.354. The minimum absolute atomic E-state index is 0.00618. The Bertz CT molecular complexity index is 373. The van der Waals surface area contributed by atoms with Gasteiger partial charge in [0.05, 0.1) is 6.10 Å². The first-order valence-corrected chi connectivity index (χ1v) is 5.47. The number of benzene rings is 1. The first kappa shape index (κ1) is 10.5. The summed E-state index contributed by atoms with van der Waals surface area (Å²) in [7, 11) is 2.10. The Balaban J connectivity index is 2.57. The largest absolute Gasteiger partial charge is 0.388 e. The van der Waals surface area contributed by atoms with Crippen LogP contribution >= 0.6 is 0 Å². The van der Waals surface area contributed by atoms with Crippen LogP contribution in [-0.4, -0.2) is 17.7 Å². The van der Waals surface area contributed by atoms with Gasteiger partial charge in [-0.3, -0.25) is 0 Å². The molecule has 2 unspecified atom stereocenters. The first-order chi connectivity index (χ1) is 6.96. The van der Waals surface area contributed by atoms with Crippen LogP contribution in [0.25, 0.3) is 0 Å². The standard InChI is InChI=1S/C13H19NO/c1-9-12(15)10-7-5-6-8-11(10)14(4)13(9,2)3/h5-9,12,15H,1-4H3. The van der Waals surface area contributed by atoms with Crippen LogP contribution in [0.1, 0.15) is 32.4 Å². The molecule has 1 aromatic carbocycles. The molecule has 0 saturated heterocycles. The Hall–Kier alpha value is -1.02. The first-order valence-electron chi connectivity index (χ1n) is 5.47. The minimum Gasteiger partial charge on any atom is -0.388 e. The maximum absolute atomic E-state index is 10.3. The molecule has 0 amide bonds. The maximum atomic E-state index is 10.3. The van der Waals surface area contributed by atoms with Crippen molar-refractivity contribution >= 4 is 5.69 Å². The van der Waals surface area contributed by atoms with Crippen molar-refractivity contribution in [2.24, 2.45) is 5.92 Å². The second-order valence-corrected chi connectivity index (χ2v) is 5.01. The molecule has 82 valence electrons. The molecule has 0 bridgehead atoms. The molecule has 0 fully saturated rings. The zero-order chi connectivity index (χ0) is 11.2. The van der Waals surface area contributed by atoms with Gasteiger partial charge in [-0.25, -0.2) is 0 Å². The summed E-state index contributed by atoms with van der Waals surface area (Å²) in [5.74, 6) is 0.234. The van der Waals surface area contributed by atoms with Crippen molar-refractivity contribution in [2.45, 2.75) is 32.4 Å². The van der Waals surface area contributed by atoms with Gasteiger partial charge in [0.2, 0.25) is 0 Å². The van der Waals surface area contributed by atoms with Crippen molar-refractivity contribution in [3.8, 4) is 0 Å². The van der Waals surface area contributed by atoms with E-state index in [0.717, 1.165) is 11.3 Å². The topological polar surface area (TPSA) is 23.5 Å². The minimum atomic E-state index is -0.354. The molecule has 2 rings (SSSR count). The van der Waals surface area contributed by atoms with E-state index in [4.69, 9.17) is 0 Å². The molecule has 0 saturated carbocycles. The third-order valence-corrected chi connectivity index (χ3v) is 4.07. The fraction of sp³-hybridized carbons (Fsp3) is 0.538. The number of para-hydroxylation sites is 1. The van der Waals surface area contributed by atoms with Gasteiger partial charge in [0.15, 0.2) is 0 Å². The van der Waals surface area contributed by atoms with Crippen LogP contribution in [0.3, 0.4) is 0 Å². The van der Waals surface area contributed by atoms with Gasteiger partial charge in [0, 0.05) is 29.8 Å². The van der Waals surface area contributed by atoms with E-state index in [-0.39, 0.29) is 17.6 Å². The second kappa shape index (κ2) is 3.24. The Labute approximate surface area is 91.5 Å². The smallest absolute Gasteiger partial charge is 0.0857 e. The van der Waals surface area contributed by atoms with Crippen LogP contribution in [0.15, 0.2) is 24.3 Å². The van der Waals surface area contributed by atoms with Gasteiger partial charge in [-0.2, -0.15) is 0 Å². The van der Waals surface area contributed by atoms with Crippen LogP contribution in [0, 0.1) is 5.92 Å². The molecule has 1 aliphatic rings. The van der Waals surface area contributed by atoms with Crippen LogP contribution in [0.4, 0.5) is 5.69 Å². The number of rotatable bonds is 0. The van der Waals surface area contributed by atoms with E-state index in [1.165, 1.54) is 0 Å². The van der Waals surface area contributed by atoms with Gasteiger partial charge < -0.3 is 10.0 Å². The van der Waals surface area contributed by atoms with Crippen molar-refractivity contribution in [1.29, 1.82) is 0 Å². The van der Waals surface area contributed by atoms with Crippen LogP contribution in [-0.2, 0) is 0 Å². The van der Waals surface area contributed by atoms with Crippen LogP contribution < -0.4 is 4.90 Å². The van der Waals surface area contributed by atoms with Gasteiger partial charge in [0.25, 0.3) is 0 Å². The van der Waals surface area contributed by atoms with Crippen molar-refractivity contribution < 1.29 is 5.11 Å². The SMILES string of the molecule is CC1C(O)c2ccccc2N(C)C1(C)C. The Morgan fingerprint density at radius 1 is 1.27 bits per heavy atom. The van der Waals surface area contributed by atoms with E-state index in [1.54, 1.807) is 0 Å². The lowest BCUT2D eigenvalue weighted by molar-refractivity contribution is 0.0690. The van der Waals surface area contributed by atoms with E-state index in [2.05, 4.69) is 38.8 Å². The van der Waals surface area contributed by atoms with E-state index in [0.29, 0.717) is 0 Å². The van der Waals surface area contributed by atoms with Crippen molar-refractivity contribution in [1.82, 2.24) is 0 Å². The molecular weight excluding hydrogens is 186 g/mol. The zero-order valence-electron chi connectivity index (χ0n) is 9.86. The number of aliphatic hydroxyl groups is 1. The summed E-state index contributed by atoms with van der Waals surface area (Å²) in [6.45, 7) is 6.46. The maximum Gasteiger partial charge on any atom is 0.0857 e. The molecule has 2 nitrogen and oxygen atoms in total. The molecule has 1 heterocycles. The number of aliphatic hydroxyl groups excluding tert-OH is 1. The molecule has 1 aliphatic heterocycles. The summed E-state index contributed by atoms with van der Waals surface area (Å²) < 4.78 is 0. The third kappa shape index (κ3) is 1.36. The highest BCUT2D eigenvalue weighted by atomic mass is 16.3. The zero-order valence-corrected chi connectivity index (χ0v) is 9.86. The summed E-state index contributed by atoms with van der Waals surface area (Å²) in [5, 5.41) is 10.3. The van der Waals surface area contributed by atoms with Crippen LogP contribution in [0.2, 0.25) is 0 Å². The molecule has 0 spiro atoms. The van der Waals surface area contributed by atoms with Crippen molar-refractivity contribution in [2.75, 3.05) is 11.9 Å². The number of anilines is 1. The highest BCUT2D eigenvalue weighted by Crippen LogP contribution is 2.44. The van der Waals surface area contributed by atoms with Crippen LogP contribution in [0.5, 0.6) is 0 Å². The van der Waals surface area contributed by atoms with E-state index in [1.807, 2.05) is 18.2 Å². The normalized spacial score (nSPS) is 28.7. The van der Waals surface area contributed by atoms with Gasteiger partial charge in [-0.1, -0.05) is 25.1 Å². The summed E-state index contributed by atoms with van der Waals surface area (Å²) >= 11 is 0. The molecular formula is C13H19NO. The molecule has 0 aromatic heterocycles. The van der Waals surface area contributed by atoms with Crippen molar-refractivity contribution in [3.63, 3.8) is 0 Å². The average molecular weight is 205 g/mol. The molecule has 2 heteroatoms. The Morgan fingerprint density at radius 3 is 2.53 bits per heavy atom. The number of hydrogen-bond acceptors (Lipinski definition) is 2. The molecule has 1 N–H and O–H groups in total. The summed E-state index contributed by atoms with van der Waals surface area (Å²) in [6, 6.07) is 8.10. The second-order valence-electron chi connectivity index (χ2n) is 5.01. The highest BCUT2D eigenvalue weighted by Gasteiger charge is 2.41. The molecule has 2 atom stereocenters. The lowest BCUT2D eigenvalue weighted by Crippen LogP contribution is -2.52. The molecule has 0 aliphatic carbocycles. The summed E-state index contributed by atoms with van der Waals surface area (Å²) in [5.41, 5.74) is 2.19. The fourth-order valence-corrected chi connectivity index (χ4v) is 2.31. The highest BCUT2D eigenvalue weighted by molar-refractivity contribution is 5.58. The third-order valence-electron chi connectivity index (χ3n) is 4.07. The fourth-order valence-electron chi connectivity index (χ4n) is 2.31. The molecule has 0 radical (unpaired) electrons. The lowest BCUT2D eigenvalue weighted by Gasteiger charge is -2.49. The molecule has 15 heavy (non-hydrogen) atoms. The van der Waals surface area contributed by atoms with E-state index >= 15 is 0 Å². The number of fused-ring (bicyclic) bond motifs is 1. The Morgan fingerprint density at radius 2 is 1.87 bits per heavy atom. The average Bonchev–Trinajstić information content (AvgIpc) is 2.24. The lowest BCUT2D eigenvalue weighted by atomic mass is 9.76. The predicted octanol–water partition coefficient (Wildman–Crippen LogP) is 2.58. The van der Waals surface area contributed by atoms with Crippen molar-refractivity contribution in [3.05, 3.63) is 29.8 Å². The Kier molecular flexibility index (Phi) is 2.27. The quantitative estimate of drug-likeness (QED) is 0.703. The number of nitrogens with zero attached hydrogens (tertiary/aromatic N) is 1. The van der Waals surface area contributed by atoms with E-state index < -0.39 is 0 Å². The monoisotopic (exact) mass is 205 g/mol. The summed E-state index contributed by atoms with van der Waals surface area (Å²) in [4.78, 5) is 2.26. The van der Waals surface area contributed by atoms with Gasteiger partial charge in [-0.15, -0.1) is 0 Å². The number of hydrogen-bond donors (Lipinski definition) is 1. The predicted molar refractivity (Wildman–Crippen MR) is 63.0 cm³/mol. The van der Waals surface area contributed by atoms with E-state index in [9.17, 15) is 5.11 Å². The molecule has 1 aromatic rings.